The summed E-state index contributed by atoms with van der Waals surface area (Å²) in [4.78, 5) is 16.0. The lowest BCUT2D eigenvalue weighted by Crippen LogP contribution is -2.30. The monoisotopic (exact) mass is 375 g/mol. The number of rotatable bonds is 7. The molecule has 0 radical (unpaired) electrons. The van der Waals surface area contributed by atoms with Gasteiger partial charge in [-0.25, -0.2) is 8.42 Å². The minimum absolute atomic E-state index is 0.105. The molecular formula is C19H25N3O3S. The Bertz CT molecular complexity index is 841. The van der Waals surface area contributed by atoms with Gasteiger partial charge in [-0.2, -0.15) is 0 Å². The van der Waals surface area contributed by atoms with Crippen LogP contribution in [-0.2, 0) is 10.0 Å². The Balaban J connectivity index is 2.17. The van der Waals surface area contributed by atoms with Crippen LogP contribution < -0.4 is 9.62 Å². The minimum Gasteiger partial charge on any atom is -0.378 e. The Morgan fingerprint density at radius 3 is 1.92 bits per heavy atom. The van der Waals surface area contributed by atoms with Crippen LogP contribution in [0.2, 0.25) is 0 Å². The van der Waals surface area contributed by atoms with Gasteiger partial charge in [-0.3, -0.25) is 9.52 Å². The molecule has 140 valence electrons. The Morgan fingerprint density at radius 2 is 1.46 bits per heavy atom. The van der Waals surface area contributed by atoms with Crippen molar-refractivity contribution in [2.75, 3.05) is 36.8 Å². The first-order chi connectivity index (χ1) is 12.3. The highest BCUT2D eigenvalue weighted by molar-refractivity contribution is 7.92. The quantitative estimate of drug-likeness (QED) is 0.808. The van der Waals surface area contributed by atoms with Crippen molar-refractivity contribution in [3.05, 3.63) is 54.1 Å². The third-order valence-electron chi connectivity index (χ3n) is 4.10. The van der Waals surface area contributed by atoms with Crippen LogP contribution in [-0.4, -0.2) is 46.4 Å². The first-order valence-corrected chi connectivity index (χ1v) is 9.96. The molecule has 0 fully saturated rings. The number of carbonyl (C=O) groups excluding carboxylic acids is 1. The molecular weight excluding hydrogens is 350 g/mol. The van der Waals surface area contributed by atoms with E-state index in [2.05, 4.69) is 4.72 Å². The highest BCUT2D eigenvalue weighted by Crippen LogP contribution is 2.20. The van der Waals surface area contributed by atoms with Gasteiger partial charge in [-0.15, -0.1) is 0 Å². The average molecular weight is 375 g/mol. The molecule has 0 saturated heterocycles. The second-order valence-electron chi connectivity index (χ2n) is 6.05. The summed E-state index contributed by atoms with van der Waals surface area (Å²) in [6.45, 7) is 5.04. The van der Waals surface area contributed by atoms with E-state index >= 15 is 0 Å². The predicted octanol–water partition coefficient (Wildman–Crippen LogP) is 3.04. The second kappa shape index (κ2) is 8.23. The summed E-state index contributed by atoms with van der Waals surface area (Å²) in [5, 5.41) is 0. The van der Waals surface area contributed by atoms with Crippen molar-refractivity contribution < 1.29 is 13.2 Å². The normalized spacial score (nSPS) is 11.1. The summed E-state index contributed by atoms with van der Waals surface area (Å²) < 4.78 is 27.6. The maximum atomic E-state index is 12.5. The number of anilines is 2. The van der Waals surface area contributed by atoms with Crippen molar-refractivity contribution in [2.45, 2.75) is 18.7 Å². The smallest absolute Gasteiger partial charge is 0.261 e. The fourth-order valence-corrected chi connectivity index (χ4v) is 3.57. The third-order valence-corrected chi connectivity index (χ3v) is 5.50. The van der Waals surface area contributed by atoms with Crippen LogP contribution in [0, 0.1) is 0 Å². The number of hydrogen-bond donors (Lipinski definition) is 1. The molecule has 0 spiro atoms. The maximum Gasteiger partial charge on any atom is 0.261 e. The molecule has 1 N–H and O–H groups in total. The van der Waals surface area contributed by atoms with Gasteiger partial charge in [0.1, 0.15) is 0 Å². The summed E-state index contributed by atoms with van der Waals surface area (Å²) in [6, 6.07) is 13.1. The molecule has 0 aromatic heterocycles. The fraction of sp³-hybridized carbons (Fsp3) is 0.316. The van der Waals surface area contributed by atoms with Gasteiger partial charge in [0, 0.05) is 44.1 Å². The molecule has 0 unspecified atom stereocenters. The van der Waals surface area contributed by atoms with E-state index in [4.69, 9.17) is 0 Å². The van der Waals surface area contributed by atoms with Gasteiger partial charge < -0.3 is 9.80 Å². The Morgan fingerprint density at radius 1 is 0.923 bits per heavy atom. The van der Waals surface area contributed by atoms with Gasteiger partial charge in [0.25, 0.3) is 15.9 Å². The zero-order chi connectivity index (χ0) is 19.3. The van der Waals surface area contributed by atoms with Crippen LogP contribution in [0.1, 0.15) is 24.2 Å². The number of sulfonamides is 1. The Labute approximate surface area is 155 Å². The molecule has 2 aromatic rings. The summed E-state index contributed by atoms with van der Waals surface area (Å²) in [6.07, 6.45) is 0. The van der Waals surface area contributed by atoms with E-state index in [-0.39, 0.29) is 10.8 Å². The van der Waals surface area contributed by atoms with Crippen molar-refractivity contribution in [1.82, 2.24) is 4.90 Å². The third kappa shape index (κ3) is 4.54. The molecule has 0 atom stereocenters. The zero-order valence-corrected chi connectivity index (χ0v) is 16.4. The van der Waals surface area contributed by atoms with Gasteiger partial charge >= 0.3 is 0 Å². The molecule has 0 bridgehead atoms. The van der Waals surface area contributed by atoms with Crippen molar-refractivity contribution in [2.24, 2.45) is 0 Å². The number of nitrogens with one attached hydrogen (secondary N) is 1. The van der Waals surface area contributed by atoms with Crippen LogP contribution >= 0.6 is 0 Å². The van der Waals surface area contributed by atoms with E-state index in [1.807, 2.05) is 45.0 Å². The molecule has 0 aliphatic heterocycles. The fourth-order valence-electron chi connectivity index (χ4n) is 2.51. The average Bonchev–Trinajstić information content (AvgIpc) is 2.63. The summed E-state index contributed by atoms with van der Waals surface area (Å²) in [5.41, 5.74) is 1.94. The molecule has 0 aliphatic rings. The van der Waals surface area contributed by atoms with Crippen LogP contribution in [0.15, 0.2) is 53.4 Å². The second-order valence-corrected chi connectivity index (χ2v) is 7.73. The zero-order valence-electron chi connectivity index (χ0n) is 15.6. The minimum atomic E-state index is -3.71. The number of hydrogen-bond acceptors (Lipinski definition) is 4. The van der Waals surface area contributed by atoms with E-state index in [0.29, 0.717) is 24.3 Å². The van der Waals surface area contributed by atoms with Crippen molar-refractivity contribution in [3.63, 3.8) is 0 Å². The van der Waals surface area contributed by atoms with Crippen molar-refractivity contribution >= 4 is 27.3 Å². The van der Waals surface area contributed by atoms with Gasteiger partial charge in [0.15, 0.2) is 0 Å². The highest BCUT2D eigenvalue weighted by Gasteiger charge is 2.17. The molecule has 2 rings (SSSR count). The summed E-state index contributed by atoms with van der Waals surface area (Å²) in [5.74, 6) is -0.105. The van der Waals surface area contributed by atoms with Gasteiger partial charge in [-0.05, 0) is 62.4 Å². The molecule has 2 aromatic carbocycles. The SMILES string of the molecule is CCN(CC)C(=O)c1ccc(S(=O)(=O)Nc2ccc(N(C)C)cc2)cc1. The molecule has 6 nitrogen and oxygen atoms in total. The van der Waals surface area contributed by atoms with E-state index in [1.54, 1.807) is 29.2 Å². The Hall–Kier alpha value is -2.54. The van der Waals surface area contributed by atoms with Crippen LogP contribution in [0.25, 0.3) is 0 Å². The standard InChI is InChI=1S/C19H25N3O3S/c1-5-22(6-2)19(23)15-7-13-18(14-8-15)26(24,25)20-16-9-11-17(12-10-16)21(3)4/h7-14,20H,5-6H2,1-4H3. The summed E-state index contributed by atoms with van der Waals surface area (Å²) in [7, 11) is 0.125. The van der Waals surface area contributed by atoms with E-state index in [9.17, 15) is 13.2 Å². The summed E-state index contributed by atoms with van der Waals surface area (Å²) >= 11 is 0. The van der Waals surface area contributed by atoms with Crippen LogP contribution in [0.5, 0.6) is 0 Å². The van der Waals surface area contributed by atoms with E-state index < -0.39 is 10.0 Å². The first-order valence-electron chi connectivity index (χ1n) is 8.48. The topological polar surface area (TPSA) is 69.7 Å². The first kappa shape index (κ1) is 19.8. The lowest BCUT2D eigenvalue weighted by molar-refractivity contribution is 0.0773. The van der Waals surface area contributed by atoms with Crippen LogP contribution in [0.4, 0.5) is 11.4 Å². The molecule has 0 heterocycles. The molecule has 0 aliphatic carbocycles. The highest BCUT2D eigenvalue weighted by atomic mass is 32.2. The van der Waals surface area contributed by atoms with Crippen molar-refractivity contribution in [1.29, 1.82) is 0 Å². The largest absolute Gasteiger partial charge is 0.378 e. The number of carbonyl (C=O) groups is 1. The van der Waals surface area contributed by atoms with E-state index in [1.165, 1.54) is 12.1 Å². The van der Waals surface area contributed by atoms with Crippen molar-refractivity contribution in [3.8, 4) is 0 Å². The Kier molecular flexibility index (Phi) is 6.26. The number of benzene rings is 2. The maximum absolute atomic E-state index is 12.5. The number of amides is 1. The lowest BCUT2D eigenvalue weighted by Gasteiger charge is -2.18. The van der Waals surface area contributed by atoms with Gasteiger partial charge in [0.05, 0.1) is 4.90 Å². The van der Waals surface area contributed by atoms with Gasteiger partial charge in [-0.1, -0.05) is 0 Å². The number of nitrogens with zero attached hydrogens (tertiary/aromatic N) is 2. The van der Waals surface area contributed by atoms with Gasteiger partial charge in [0.2, 0.25) is 0 Å². The molecule has 0 saturated carbocycles. The van der Waals surface area contributed by atoms with E-state index in [0.717, 1.165) is 5.69 Å². The molecule has 26 heavy (non-hydrogen) atoms. The molecule has 1 amide bonds. The lowest BCUT2D eigenvalue weighted by atomic mass is 10.2. The van der Waals surface area contributed by atoms with Crippen LogP contribution in [0.3, 0.4) is 0 Å². The molecule has 7 heteroatoms. The predicted molar refractivity (Wildman–Crippen MR) is 105 cm³/mol.